The summed E-state index contributed by atoms with van der Waals surface area (Å²) in [6.45, 7) is 1.89. The van der Waals surface area contributed by atoms with Crippen LogP contribution in [0.25, 0.3) is 0 Å². The SMILES string of the molecule is CC(NC1CCCCC1)C(=O)Nc1cc(Cl)cc(Cl)c1. The van der Waals surface area contributed by atoms with Crippen LogP contribution < -0.4 is 10.6 Å². The van der Waals surface area contributed by atoms with E-state index in [0.29, 0.717) is 21.8 Å². The zero-order valence-corrected chi connectivity index (χ0v) is 13.1. The highest BCUT2D eigenvalue weighted by molar-refractivity contribution is 6.35. The quantitative estimate of drug-likeness (QED) is 0.872. The molecule has 1 aliphatic carbocycles. The summed E-state index contributed by atoms with van der Waals surface area (Å²) in [7, 11) is 0. The fourth-order valence-corrected chi connectivity index (χ4v) is 3.10. The molecule has 0 saturated heterocycles. The maximum absolute atomic E-state index is 12.1. The van der Waals surface area contributed by atoms with Gasteiger partial charge in [-0.1, -0.05) is 42.5 Å². The molecule has 1 fully saturated rings. The normalized spacial score (nSPS) is 17.8. The molecule has 0 heterocycles. The van der Waals surface area contributed by atoms with E-state index >= 15 is 0 Å². The van der Waals surface area contributed by atoms with Crippen LogP contribution in [0.5, 0.6) is 0 Å². The molecule has 5 heteroatoms. The molecule has 110 valence electrons. The fraction of sp³-hybridized carbons (Fsp3) is 0.533. The van der Waals surface area contributed by atoms with Crippen molar-refractivity contribution in [1.29, 1.82) is 0 Å². The van der Waals surface area contributed by atoms with Crippen LogP contribution >= 0.6 is 23.2 Å². The van der Waals surface area contributed by atoms with Gasteiger partial charge in [0.1, 0.15) is 0 Å². The Morgan fingerprint density at radius 2 is 1.75 bits per heavy atom. The standard InChI is InChI=1S/C15H20Cl2N2O/c1-10(18-13-5-3-2-4-6-13)15(20)19-14-8-11(16)7-12(17)9-14/h7-10,13,18H,2-6H2,1H3,(H,19,20). The summed E-state index contributed by atoms with van der Waals surface area (Å²) >= 11 is 11.8. The number of halogens is 2. The Kier molecular flexibility index (Phi) is 5.70. The number of nitrogens with one attached hydrogen (secondary N) is 2. The number of hydrogen-bond acceptors (Lipinski definition) is 2. The van der Waals surface area contributed by atoms with Crippen molar-refractivity contribution in [3.8, 4) is 0 Å². The van der Waals surface area contributed by atoms with E-state index < -0.39 is 0 Å². The number of anilines is 1. The fourth-order valence-electron chi connectivity index (χ4n) is 2.58. The molecular formula is C15H20Cl2N2O. The number of rotatable bonds is 4. The van der Waals surface area contributed by atoms with Gasteiger partial charge in [-0.15, -0.1) is 0 Å². The van der Waals surface area contributed by atoms with Crippen molar-refractivity contribution in [3.05, 3.63) is 28.2 Å². The third-order valence-corrected chi connectivity index (χ3v) is 4.05. The largest absolute Gasteiger partial charge is 0.325 e. The van der Waals surface area contributed by atoms with Crippen LogP contribution in [0, 0.1) is 0 Å². The van der Waals surface area contributed by atoms with Crippen LogP contribution in [0.1, 0.15) is 39.0 Å². The summed E-state index contributed by atoms with van der Waals surface area (Å²) in [6.07, 6.45) is 6.10. The average Bonchev–Trinajstić information content (AvgIpc) is 2.38. The van der Waals surface area contributed by atoms with E-state index in [9.17, 15) is 4.79 Å². The minimum atomic E-state index is -0.226. The maximum Gasteiger partial charge on any atom is 0.241 e. The van der Waals surface area contributed by atoms with Gasteiger partial charge in [0.2, 0.25) is 5.91 Å². The smallest absolute Gasteiger partial charge is 0.241 e. The molecule has 3 nitrogen and oxygen atoms in total. The van der Waals surface area contributed by atoms with Gasteiger partial charge in [0, 0.05) is 21.8 Å². The molecule has 0 bridgehead atoms. The Bertz CT molecular complexity index is 453. The monoisotopic (exact) mass is 314 g/mol. The molecule has 0 aliphatic heterocycles. The second kappa shape index (κ2) is 7.30. The second-order valence-electron chi connectivity index (χ2n) is 5.37. The molecule has 1 saturated carbocycles. The zero-order chi connectivity index (χ0) is 14.5. The number of carbonyl (C=O) groups excluding carboxylic acids is 1. The molecule has 1 unspecified atom stereocenters. The lowest BCUT2D eigenvalue weighted by molar-refractivity contribution is -0.118. The Labute approximate surface area is 130 Å². The van der Waals surface area contributed by atoms with E-state index in [4.69, 9.17) is 23.2 Å². The van der Waals surface area contributed by atoms with Crippen molar-refractivity contribution >= 4 is 34.8 Å². The first-order valence-electron chi connectivity index (χ1n) is 7.07. The van der Waals surface area contributed by atoms with Crippen molar-refractivity contribution in [3.63, 3.8) is 0 Å². The molecule has 20 heavy (non-hydrogen) atoms. The van der Waals surface area contributed by atoms with E-state index in [0.717, 1.165) is 12.8 Å². The summed E-state index contributed by atoms with van der Waals surface area (Å²) in [5.74, 6) is -0.0612. The summed E-state index contributed by atoms with van der Waals surface area (Å²) in [4.78, 5) is 12.1. The zero-order valence-electron chi connectivity index (χ0n) is 11.6. The van der Waals surface area contributed by atoms with Crippen LogP contribution in [0.2, 0.25) is 10.0 Å². The molecule has 1 aromatic rings. The van der Waals surface area contributed by atoms with Crippen molar-refractivity contribution in [2.45, 2.75) is 51.1 Å². The van der Waals surface area contributed by atoms with Gasteiger partial charge in [-0.25, -0.2) is 0 Å². The lowest BCUT2D eigenvalue weighted by atomic mass is 9.95. The summed E-state index contributed by atoms with van der Waals surface area (Å²) < 4.78 is 0. The molecular weight excluding hydrogens is 295 g/mol. The maximum atomic E-state index is 12.1. The molecule has 0 spiro atoms. The third-order valence-electron chi connectivity index (χ3n) is 3.61. The van der Waals surface area contributed by atoms with E-state index in [1.165, 1.54) is 19.3 Å². The Hall–Kier alpha value is -0.770. The topological polar surface area (TPSA) is 41.1 Å². The molecule has 1 amide bonds. The third kappa shape index (κ3) is 4.65. The predicted octanol–water partition coefficient (Wildman–Crippen LogP) is 4.24. The van der Waals surface area contributed by atoms with Crippen molar-refractivity contribution in [2.75, 3.05) is 5.32 Å². The van der Waals surface area contributed by atoms with Gasteiger partial charge in [-0.05, 0) is 38.0 Å². The minimum Gasteiger partial charge on any atom is -0.325 e. The summed E-state index contributed by atoms with van der Waals surface area (Å²) in [5.41, 5.74) is 0.629. The first-order valence-corrected chi connectivity index (χ1v) is 7.83. The van der Waals surface area contributed by atoms with Gasteiger partial charge >= 0.3 is 0 Å². The van der Waals surface area contributed by atoms with Gasteiger partial charge in [0.15, 0.2) is 0 Å². The van der Waals surface area contributed by atoms with Gasteiger partial charge in [0.25, 0.3) is 0 Å². The van der Waals surface area contributed by atoms with Crippen LogP contribution in [0.15, 0.2) is 18.2 Å². The van der Waals surface area contributed by atoms with Crippen molar-refractivity contribution in [1.82, 2.24) is 5.32 Å². The van der Waals surface area contributed by atoms with Crippen LogP contribution in [0.3, 0.4) is 0 Å². The molecule has 1 aliphatic rings. The Morgan fingerprint density at radius 1 is 1.15 bits per heavy atom. The predicted molar refractivity (Wildman–Crippen MR) is 84.6 cm³/mol. The summed E-state index contributed by atoms with van der Waals surface area (Å²) in [5, 5.41) is 7.26. The Balaban J connectivity index is 1.89. The second-order valence-corrected chi connectivity index (χ2v) is 6.24. The average molecular weight is 315 g/mol. The highest BCUT2D eigenvalue weighted by atomic mass is 35.5. The van der Waals surface area contributed by atoms with Gasteiger partial charge in [-0.3, -0.25) is 4.79 Å². The van der Waals surface area contributed by atoms with Crippen LogP contribution in [-0.4, -0.2) is 18.0 Å². The molecule has 1 atom stereocenters. The van der Waals surface area contributed by atoms with Gasteiger partial charge < -0.3 is 10.6 Å². The van der Waals surface area contributed by atoms with Crippen LogP contribution in [-0.2, 0) is 4.79 Å². The highest BCUT2D eigenvalue weighted by Crippen LogP contribution is 2.23. The lowest BCUT2D eigenvalue weighted by Crippen LogP contribution is -2.44. The number of hydrogen-bond donors (Lipinski definition) is 2. The van der Waals surface area contributed by atoms with Crippen molar-refractivity contribution in [2.24, 2.45) is 0 Å². The molecule has 1 aromatic carbocycles. The van der Waals surface area contributed by atoms with E-state index in [1.54, 1.807) is 18.2 Å². The van der Waals surface area contributed by atoms with E-state index in [1.807, 2.05) is 6.92 Å². The van der Waals surface area contributed by atoms with Crippen molar-refractivity contribution < 1.29 is 4.79 Å². The Morgan fingerprint density at radius 3 is 2.35 bits per heavy atom. The number of carbonyl (C=O) groups is 1. The minimum absolute atomic E-state index is 0.0612. The van der Waals surface area contributed by atoms with E-state index in [-0.39, 0.29) is 11.9 Å². The molecule has 2 rings (SSSR count). The molecule has 2 N–H and O–H groups in total. The number of amides is 1. The molecule has 0 radical (unpaired) electrons. The van der Waals surface area contributed by atoms with Gasteiger partial charge in [-0.2, -0.15) is 0 Å². The van der Waals surface area contributed by atoms with Crippen LogP contribution in [0.4, 0.5) is 5.69 Å². The van der Waals surface area contributed by atoms with Gasteiger partial charge in [0.05, 0.1) is 6.04 Å². The first kappa shape index (κ1) is 15.6. The lowest BCUT2D eigenvalue weighted by Gasteiger charge is -2.26. The summed E-state index contributed by atoms with van der Waals surface area (Å²) in [6, 6.07) is 5.25. The first-order chi connectivity index (χ1) is 9.54. The molecule has 0 aromatic heterocycles. The van der Waals surface area contributed by atoms with E-state index in [2.05, 4.69) is 10.6 Å². The highest BCUT2D eigenvalue weighted by Gasteiger charge is 2.19. The number of benzene rings is 1.